The molecular formula is C23H26BrFN4O3. The van der Waals surface area contributed by atoms with Crippen LogP contribution < -0.4 is 16.2 Å². The number of nitrogens with zero attached hydrogens (tertiary/aromatic N) is 2. The molecule has 9 heteroatoms. The third kappa shape index (κ3) is 4.57. The molecule has 4 rings (SSSR count). The summed E-state index contributed by atoms with van der Waals surface area (Å²) in [7, 11) is 0. The molecule has 7 nitrogen and oxygen atoms in total. The molecule has 1 aromatic carbocycles. The van der Waals surface area contributed by atoms with Crippen molar-refractivity contribution in [2.45, 2.75) is 38.8 Å². The van der Waals surface area contributed by atoms with Crippen molar-refractivity contribution in [1.29, 1.82) is 0 Å². The van der Waals surface area contributed by atoms with Gasteiger partial charge in [-0.05, 0) is 42.5 Å². The molecule has 2 bridgehead atoms. The molecule has 1 fully saturated rings. The topological polar surface area (TPSA) is 83.4 Å². The van der Waals surface area contributed by atoms with E-state index in [4.69, 9.17) is 0 Å². The number of carbonyl (C=O) groups excluding carboxylic acids is 2. The number of anilines is 1. The summed E-state index contributed by atoms with van der Waals surface area (Å²) < 4.78 is 16.5. The highest BCUT2D eigenvalue weighted by Gasteiger charge is 2.37. The van der Waals surface area contributed by atoms with Crippen molar-refractivity contribution in [1.82, 2.24) is 14.8 Å². The van der Waals surface area contributed by atoms with E-state index < -0.39 is 17.8 Å². The van der Waals surface area contributed by atoms with Gasteiger partial charge in [-0.15, -0.1) is 0 Å². The molecule has 2 N–H and O–H groups in total. The van der Waals surface area contributed by atoms with Crippen LogP contribution in [0, 0.1) is 17.7 Å². The monoisotopic (exact) mass is 504 g/mol. The number of fused-ring (bicyclic) bond motifs is 4. The number of benzene rings is 1. The van der Waals surface area contributed by atoms with Gasteiger partial charge in [-0.1, -0.05) is 35.8 Å². The Kier molecular flexibility index (Phi) is 6.37. The number of nitrogens with one attached hydrogen (secondary N) is 2. The van der Waals surface area contributed by atoms with Crippen molar-refractivity contribution in [3.05, 3.63) is 62.7 Å². The fraction of sp³-hybridized carbons (Fsp3) is 0.435. The highest BCUT2D eigenvalue weighted by Crippen LogP contribution is 2.35. The van der Waals surface area contributed by atoms with Crippen LogP contribution in [0.4, 0.5) is 14.9 Å². The molecule has 1 saturated heterocycles. The first-order valence-corrected chi connectivity index (χ1v) is 11.5. The molecule has 2 aliphatic heterocycles. The number of rotatable bonds is 4. The fourth-order valence-corrected chi connectivity index (χ4v) is 4.96. The second kappa shape index (κ2) is 9.05. The van der Waals surface area contributed by atoms with Crippen LogP contribution in [-0.2, 0) is 11.3 Å². The number of urea groups is 1. The van der Waals surface area contributed by atoms with E-state index in [0.29, 0.717) is 24.1 Å². The third-order valence-electron chi connectivity index (χ3n) is 6.18. The predicted molar refractivity (Wildman–Crippen MR) is 123 cm³/mol. The van der Waals surface area contributed by atoms with Gasteiger partial charge in [-0.25, -0.2) is 9.18 Å². The Hall–Kier alpha value is -2.68. The molecule has 3 amide bonds. The second-order valence-electron chi connectivity index (χ2n) is 8.89. The second-order valence-corrected chi connectivity index (χ2v) is 9.80. The summed E-state index contributed by atoms with van der Waals surface area (Å²) in [6, 6.07) is 8.51. The van der Waals surface area contributed by atoms with E-state index >= 15 is 0 Å². The quantitative estimate of drug-likeness (QED) is 0.667. The van der Waals surface area contributed by atoms with Crippen LogP contribution in [0.5, 0.6) is 0 Å². The van der Waals surface area contributed by atoms with E-state index in [0.717, 1.165) is 12.1 Å². The molecule has 0 saturated carbocycles. The molecular weight excluding hydrogens is 479 g/mol. The minimum absolute atomic E-state index is 0.00758. The molecule has 3 atom stereocenters. The van der Waals surface area contributed by atoms with Gasteiger partial charge < -0.3 is 20.1 Å². The summed E-state index contributed by atoms with van der Waals surface area (Å²) in [5.41, 5.74) is 1.01. The van der Waals surface area contributed by atoms with Crippen LogP contribution >= 0.6 is 15.9 Å². The molecule has 1 aromatic heterocycles. The maximum atomic E-state index is 14.1. The van der Waals surface area contributed by atoms with Crippen LogP contribution in [0.1, 0.15) is 31.9 Å². The Morgan fingerprint density at radius 3 is 2.66 bits per heavy atom. The van der Waals surface area contributed by atoms with Crippen LogP contribution in [-0.4, -0.2) is 40.5 Å². The van der Waals surface area contributed by atoms with E-state index in [1.807, 2.05) is 24.5 Å². The summed E-state index contributed by atoms with van der Waals surface area (Å²) in [5, 5.41) is 5.42. The Bertz CT molecular complexity index is 1100. The lowest BCUT2D eigenvalue weighted by atomic mass is 9.83. The number of halogens is 2. The SMILES string of the molecule is CC(C)C(NC(=O)N1CC2CC(C1)c1cccc(=O)n1C2)C(=O)Nc1ccc(Br)cc1F. The highest BCUT2D eigenvalue weighted by molar-refractivity contribution is 9.10. The number of likely N-dealkylation sites (tertiary alicyclic amines) is 1. The minimum Gasteiger partial charge on any atom is -0.326 e. The van der Waals surface area contributed by atoms with Gasteiger partial charge in [0.25, 0.3) is 5.56 Å². The summed E-state index contributed by atoms with van der Waals surface area (Å²) in [6.45, 7) is 5.26. The molecule has 0 spiro atoms. The molecule has 3 unspecified atom stereocenters. The van der Waals surface area contributed by atoms with E-state index in [1.54, 1.807) is 23.1 Å². The highest BCUT2D eigenvalue weighted by atomic mass is 79.9. The van der Waals surface area contributed by atoms with Gasteiger partial charge in [-0.3, -0.25) is 9.59 Å². The summed E-state index contributed by atoms with van der Waals surface area (Å²) in [6.07, 6.45) is 0.935. The van der Waals surface area contributed by atoms with E-state index in [2.05, 4.69) is 26.6 Å². The van der Waals surface area contributed by atoms with E-state index in [1.165, 1.54) is 12.1 Å². The average Bonchev–Trinajstić information content (AvgIpc) is 2.74. The zero-order valence-electron chi connectivity index (χ0n) is 18.0. The van der Waals surface area contributed by atoms with Crippen LogP contribution in [0.3, 0.4) is 0 Å². The van der Waals surface area contributed by atoms with Crippen LogP contribution in [0.2, 0.25) is 0 Å². The van der Waals surface area contributed by atoms with Gasteiger partial charge in [0.2, 0.25) is 5.91 Å². The number of pyridine rings is 1. The zero-order valence-corrected chi connectivity index (χ0v) is 19.6. The first kappa shape index (κ1) is 22.5. The molecule has 170 valence electrons. The van der Waals surface area contributed by atoms with Gasteiger partial charge in [0, 0.05) is 41.8 Å². The number of hydrogen-bond acceptors (Lipinski definition) is 3. The number of amides is 3. The van der Waals surface area contributed by atoms with Gasteiger partial charge in [0.1, 0.15) is 11.9 Å². The minimum atomic E-state index is -0.817. The van der Waals surface area contributed by atoms with Gasteiger partial charge in [0.15, 0.2) is 0 Å². The van der Waals surface area contributed by atoms with E-state index in [-0.39, 0.29) is 35.0 Å². The maximum absolute atomic E-state index is 14.1. The number of piperidine rings is 1. The molecule has 2 aliphatic rings. The van der Waals surface area contributed by atoms with Gasteiger partial charge >= 0.3 is 6.03 Å². The standard InChI is InChI=1S/C23H26BrFN4O3/c1-13(2)21(22(31)26-18-7-6-16(24)9-17(18)25)27-23(32)28-10-14-8-15(12-28)19-4-3-5-20(30)29(19)11-14/h3-7,9,13-15,21H,8,10-12H2,1-2H3,(H,26,31)(H,27,32). The predicted octanol–water partition coefficient (Wildman–Crippen LogP) is 3.54. The zero-order chi connectivity index (χ0) is 23.0. The number of hydrogen-bond donors (Lipinski definition) is 2. The molecule has 3 heterocycles. The summed E-state index contributed by atoms with van der Waals surface area (Å²) in [5.74, 6) is -0.940. The first-order valence-electron chi connectivity index (χ1n) is 10.7. The fourth-order valence-electron chi connectivity index (χ4n) is 4.62. The van der Waals surface area contributed by atoms with Crippen molar-refractivity contribution in [3.63, 3.8) is 0 Å². The smallest absolute Gasteiger partial charge is 0.318 e. The Labute approximate surface area is 194 Å². The lowest BCUT2D eigenvalue weighted by Crippen LogP contribution is -2.56. The number of carbonyl (C=O) groups is 2. The van der Waals surface area contributed by atoms with Gasteiger partial charge in [0.05, 0.1) is 5.69 Å². The first-order chi connectivity index (χ1) is 15.2. The molecule has 2 aromatic rings. The third-order valence-corrected chi connectivity index (χ3v) is 6.68. The molecule has 0 radical (unpaired) electrons. The van der Waals surface area contributed by atoms with Crippen LogP contribution in [0.15, 0.2) is 45.7 Å². The normalized spacial score (nSPS) is 20.5. The Balaban J connectivity index is 1.45. The van der Waals surface area contributed by atoms with E-state index in [9.17, 15) is 18.8 Å². The lowest BCUT2D eigenvalue weighted by molar-refractivity contribution is -0.118. The Morgan fingerprint density at radius 2 is 1.94 bits per heavy atom. The van der Waals surface area contributed by atoms with Crippen molar-refractivity contribution >= 4 is 33.6 Å². The molecule has 32 heavy (non-hydrogen) atoms. The number of aromatic nitrogens is 1. The maximum Gasteiger partial charge on any atom is 0.318 e. The van der Waals surface area contributed by atoms with Crippen molar-refractivity contribution in [2.24, 2.45) is 11.8 Å². The van der Waals surface area contributed by atoms with Gasteiger partial charge in [-0.2, -0.15) is 0 Å². The van der Waals surface area contributed by atoms with Crippen molar-refractivity contribution in [3.8, 4) is 0 Å². The lowest BCUT2D eigenvalue weighted by Gasteiger charge is -2.43. The molecule has 0 aliphatic carbocycles. The Morgan fingerprint density at radius 1 is 1.16 bits per heavy atom. The largest absolute Gasteiger partial charge is 0.326 e. The van der Waals surface area contributed by atoms with Crippen molar-refractivity contribution in [2.75, 3.05) is 18.4 Å². The van der Waals surface area contributed by atoms with Crippen molar-refractivity contribution < 1.29 is 14.0 Å². The van der Waals surface area contributed by atoms with Crippen LogP contribution in [0.25, 0.3) is 0 Å². The summed E-state index contributed by atoms with van der Waals surface area (Å²) >= 11 is 3.19. The summed E-state index contributed by atoms with van der Waals surface area (Å²) in [4.78, 5) is 39.8. The average molecular weight is 505 g/mol.